The summed E-state index contributed by atoms with van der Waals surface area (Å²) >= 11 is 1.47. The summed E-state index contributed by atoms with van der Waals surface area (Å²) in [5, 5.41) is 9.97. The summed E-state index contributed by atoms with van der Waals surface area (Å²) in [5.41, 5.74) is 4.28. The second-order valence-electron chi connectivity index (χ2n) is 6.48. The molecule has 0 aliphatic heterocycles. The van der Waals surface area contributed by atoms with Crippen molar-refractivity contribution >= 4 is 23.4 Å². The van der Waals surface area contributed by atoms with Crippen LogP contribution in [0.25, 0.3) is 16.3 Å². The van der Waals surface area contributed by atoms with E-state index >= 15 is 0 Å². The Bertz CT molecular complexity index is 1200. The Kier molecular flexibility index (Phi) is 4.75. The van der Waals surface area contributed by atoms with Crippen molar-refractivity contribution in [2.24, 2.45) is 12.0 Å². The zero-order valence-electron chi connectivity index (χ0n) is 15.8. The summed E-state index contributed by atoms with van der Waals surface area (Å²) in [7, 11) is 1.79. The minimum Gasteiger partial charge on any atom is -0.298 e. The van der Waals surface area contributed by atoms with E-state index in [2.05, 4.69) is 36.3 Å². The van der Waals surface area contributed by atoms with Gasteiger partial charge in [-0.3, -0.25) is 4.79 Å². The number of rotatable bonds is 4. The second kappa shape index (κ2) is 7.36. The smallest absolute Gasteiger partial charge is 0.214 e. The number of aromatic nitrogens is 4. The fraction of sp³-hybridized carbons (Fsp3) is 0.143. The van der Waals surface area contributed by atoms with Crippen molar-refractivity contribution in [3.63, 3.8) is 0 Å². The quantitative estimate of drug-likeness (QED) is 0.496. The van der Waals surface area contributed by atoms with Crippen LogP contribution in [0, 0.1) is 13.8 Å². The van der Waals surface area contributed by atoms with Crippen LogP contribution in [0.2, 0.25) is 0 Å². The first-order valence-electron chi connectivity index (χ1n) is 8.83. The lowest BCUT2D eigenvalue weighted by atomic mass is 10.2. The molecule has 0 aliphatic rings. The number of hydrogen-bond donors (Lipinski definition) is 0. The van der Waals surface area contributed by atoms with Gasteiger partial charge in [-0.05, 0) is 26.0 Å². The Balaban J connectivity index is 1.95. The first-order valence-corrected chi connectivity index (χ1v) is 9.64. The molecule has 0 amide bonds. The number of nitrogens with zero attached hydrogens (tertiary/aromatic N) is 5. The number of benzene rings is 2. The lowest BCUT2D eigenvalue weighted by Crippen LogP contribution is -2.14. The van der Waals surface area contributed by atoms with Crippen LogP contribution in [0.15, 0.2) is 59.6 Å². The Morgan fingerprint density at radius 2 is 1.71 bits per heavy atom. The topological polar surface area (TPSA) is 65.1 Å². The normalized spacial score (nSPS) is 11.8. The van der Waals surface area contributed by atoms with Crippen molar-refractivity contribution in [2.45, 2.75) is 13.8 Å². The highest BCUT2D eigenvalue weighted by Gasteiger charge is 2.14. The summed E-state index contributed by atoms with van der Waals surface area (Å²) in [5.74, 6) is 0.524. The molecule has 140 valence electrons. The zero-order valence-corrected chi connectivity index (χ0v) is 16.6. The van der Waals surface area contributed by atoms with Gasteiger partial charge in [0.15, 0.2) is 12.1 Å². The van der Waals surface area contributed by atoms with Crippen molar-refractivity contribution in [2.75, 3.05) is 0 Å². The molecule has 0 unspecified atom stereocenters. The molecule has 6 nitrogen and oxygen atoms in total. The molecule has 0 spiro atoms. The van der Waals surface area contributed by atoms with E-state index in [0.717, 1.165) is 22.5 Å². The number of para-hydroxylation sites is 1. The zero-order chi connectivity index (χ0) is 19.7. The van der Waals surface area contributed by atoms with Gasteiger partial charge in [0.1, 0.15) is 5.01 Å². The molecule has 28 heavy (non-hydrogen) atoms. The number of aldehydes is 1. The van der Waals surface area contributed by atoms with Gasteiger partial charge in [-0.2, -0.15) is 15.2 Å². The molecule has 4 rings (SSSR count). The van der Waals surface area contributed by atoms with Crippen molar-refractivity contribution in [1.29, 1.82) is 0 Å². The Labute approximate surface area is 166 Å². The Hall–Kier alpha value is -3.32. The predicted molar refractivity (Wildman–Crippen MR) is 110 cm³/mol. The highest BCUT2D eigenvalue weighted by atomic mass is 32.1. The van der Waals surface area contributed by atoms with Crippen LogP contribution in [0.3, 0.4) is 0 Å². The molecule has 2 aromatic carbocycles. The van der Waals surface area contributed by atoms with Gasteiger partial charge in [0.2, 0.25) is 4.80 Å². The molecule has 0 aliphatic carbocycles. The van der Waals surface area contributed by atoms with E-state index in [1.165, 1.54) is 16.9 Å². The van der Waals surface area contributed by atoms with Crippen molar-refractivity contribution in [3.8, 4) is 16.3 Å². The molecule has 0 bridgehead atoms. The van der Waals surface area contributed by atoms with E-state index in [4.69, 9.17) is 10.1 Å². The maximum atomic E-state index is 11.5. The van der Waals surface area contributed by atoms with Gasteiger partial charge in [-0.1, -0.05) is 59.4 Å². The van der Waals surface area contributed by atoms with E-state index in [9.17, 15) is 4.79 Å². The summed E-state index contributed by atoms with van der Waals surface area (Å²) in [4.78, 5) is 17.0. The fourth-order valence-electron chi connectivity index (χ4n) is 2.93. The third kappa shape index (κ3) is 3.32. The summed E-state index contributed by atoms with van der Waals surface area (Å²) in [6.45, 7) is 3.86. The summed E-state index contributed by atoms with van der Waals surface area (Å²) < 4.78 is 3.43. The van der Waals surface area contributed by atoms with Crippen LogP contribution in [0.5, 0.6) is 0 Å². The maximum Gasteiger partial charge on any atom is 0.214 e. The molecule has 0 saturated heterocycles. The molecule has 2 heterocycles. The lowest BCUT2D eigenvalue weighted by molar-refractivity contribution is 0.112. The molecule has 0 saturated carbocycles. The van der Waals surface area contributed by atoms with E-state index in [0.29, 0.717) is 21.9 Å². The van der Waals surface area contributed by atoms with Gasteiger partial charge in [0.05, 0.1) is 16.9 Å². The average molecular weight is 389 g/mol. The first-order chi connectivity index (χ1) is 13.6. The summed E-state index contributed by atoms with van der Waals surface area (Å²) in [6.07, 6.45) is 0.802. The molecule has 4 aromatic rings. The molecular formula is C21H19N5OS. The third-order valence-electron chi connectivity index (χ3n) is 4.42. The number of carbonyl (C=O) groups is 1. The third-order valence-corrected chi connectivity index (χ3v) is 5.37. The van der Waals surface area contributed by atoms with E-state index in [-0.39, 0.29) is 0 Å². The van der Waals surface area contributed by atoms with Crippen LogP contribution in [0.1, 0.15) is 21.6 Å². The van der Waals surface area contributed by atoms with Crippen LogP contribution in [-0.2, 0) is 7.05 Å². The van der Waals surface area contributed by atoms with E-state index in [1.54, 1.807) is 23.3 Å². The molecule has 0 fully saturated rings. The lowest BCUT2D eigenvalue weighted by Gasteiger charge is -2.01. The standard InChI is InChI=1S/C21H19N5OS/c1-14-9-11-16(12-10-14)20-24-26(17-7-5-4-6-8-17)21(28-20)22-19-18(13-27)15(2)23-25(19)3/h4-13H,1-3H3/b22-21-. The average Bonchev–Trinajstić information content (AvgIpc) is 3.24. The number of aryl methyl sites for hydroxylation is 3. The van der Waals surface area contributed by atoms with Gasteiger partial charge in [0, 0.05) is 12.6 Å². The first kappa shape index (κ1) is 18.1. The van der Waals surface area contributed by atoms with Crippen molar-refractivity contribution in [1.82, 2.24) is 19.6 Å². The maximum absolute atomic E-state index is 11.5. The number of carbonyl (C=O) groups excluding carboxylic acids is 1. The van der Waals surface area contributed by atoms with Gasteiger partial charge in [0.25, 0.3) is 0 Å². The largest absolute Gasteiger partial charge is 0.298 e. The molecule has 0 N–H and O–H groups in total. The highest BCUT2D eigenvalue weighted by molar-refractivity contribution is 7.12. The van der Waals surface area contributed by atoms with Crippen LogP contribution >= 0.6 is 11.3 Å². The fourth-order valence-corrected chi connectivity index (χ4v) is 3.84. The van der Waals surface area contributed by atoms with Crippen LogP contribution < -0.4 is 4.80 Å². The highest BCUT2D eigenvalue weighted by Crippen LogP contribution is 2.23. The minimum absolute atomic E-state index is 0.493. The van der Waals surface area contributed by atoms with Gasteiger partial charge in [-0.25, -0.2) is 9.36 Å². The molecule has 7 heteroatoms. The predicted octanol–water partition coefficient (Wildman–Crippen LogP) is 4.00. The number of hydrogen-bond acceptors (Lipinski definition) is 5. The molecule has 0 atom stereocenters. The molecule has 0 radical (unpaired) electrons. The van der Waals surface area contributed by atoms with Crippen molar-refractivity contribution in [3.05, 3.63) is 76.2 Å². The SMILES string of the molecule is Cc1ccc(-c2nn(-c3ccccc3)/c(=N/c3c(C=O)c(C)nn3C)s2)cc1. The Morgan fingerprint density at radius 1 is 1.00 bits per heavy atom. The summed E-state index contributed by atoms with van der Waals surface area (Å²) in [6, 6.07) is 18.1. The molecule has 2 aromatic heterocycles. The van der Waals surface area contributed by atoms with Gasteiger partial charge >= 0.3 is 0 Å². The molecular weight excluding hydrogens is 370 g/mol. The van der Waals surface area contributed by atoms with E-state index < -0.39 is 0 Å². The second-order valence-corrected chi connectivity index (χ2v) is 7.44. The Morgan fingerprint density at radius 3 is 2.39 bits per heavy atom. The van der Waals surface area contributed by atoms with Crippen molar-refractivity contribution < 1.29 is 4.79 Å². The minimum atomic E-state index is 0.493. The van der Waals surface area contributed by atoms with E-state index in [1.807, 2.05) is 30.3 Å². The van der Waals surface area contributed by atoms with Gasteiger partial charge in [-0.15, -0.1) is 0 Å². The van der Waals surface area contributed by atoms with Crippen LogP contribution in [-0.4, -0.2) is 25.8 Å². The van der Waals surface area contributed by atoms with Crippen LogP contribution in [0.4, 0.5) is 5.82 Å². The monoisotopic (exact) mass is 389 g/mol. The van der Waals surface area contributed by atoms with Gasteiger partial charge < -0.3 is 0 Å².